The smallest absolute Gasteiger partial charge is 0.224 e. The summed E-state index contributed by atoms with van der Waals surface area (Å²) in [5, 5.41) is 3.43. The first-order valence-corrected chi connectivity index (χ1v) is 8.18. The maximum absolute atomic E-state index is 12.2. The molecule has 3 nitrogen and oxygen atoms in total. The average Bonchev–Trinajstić information content (AvgIpc) is 2.47. The average molecular weight is 288 g/mol. The topological polar surface area (TPSA) is 32.3 Å². The summed E-state index contributed by atoms with van der Waals surface area (Å²) in [5.74, 6) is 1.43. The van der Waals surface area contributed by atoms with E-state index < -0.39 is 0 Å². The zero-order valence-electron chi connectivity index (χ0n) is 13.6. The Hall–Kier alpha value is -1.51. The van der Waals surface area contributed by atoms with Gasteiger partial charge in [-0.1, -0.05) is 39.0 Å². The van der Waals surface area contributed by atoms with Crippen LogP contribution in [0, 0.1) is 5.92 Å². The van der Waals surface area contributed by atoms with Crippen LogP contribution < -0.4 is 5.32 Å². The standard InChI is InChI=1S/C18H28N2O/c1-14(2)16-8-4-5-9-17(16)19-11-10-18(21)20-12-6-7-15(3)13-20/h4-5,8-9,14-15,19H,6-7,10-13H2,1-3H3. The van der Waals surface area contributed by atoms with Crippen LogP contribution in [0.15, 0.2) is 24.3 Å². The second kappa shape index (κ2) is 7.48. The van der Waals surface area contributed by atoms with Crippen LogP contribution >= 0.6 is 0 Å². The number of nitrogens with zero attached hydrogens (tertiary/aromatic N) is 1. The second-order valence-electron chi connectivity index (χ2n) is 6.51. The predicted molar refractivity (Wildman–Crippen MR) is 88.6 cm³/mol. The number of para-hydroxylation sites is 1. The third kappa shape index (κ3) is 4.48. The molecular formula is C18H28N2O. The molecule has 21 heavy (non-hydrogen) atoms. The lowest BCUT2D eigenvalue weighted by atomic mass is 10.00. The summed E-state index contributed by atoms with van der Waals surface area (Å²) in [4.78, 5) is 14.3. The Morgan fingerprint density at radius 1 is 1.38 bits per heavy atom. The van der Waals surface area contributed by atoms with E-state index in [0.29, 0.717) is 24.8 Å². The molecule has 1 fully saturated rings. The Kier molecular flexibility index (Phi) is 5.66. The summed E-state index contributed by atoms with van der Waals surface area (Å²) in [5.41, 5.74) is 2.48. The van der Waals surface area contributed by atoms with E-state index >= 15 is 0 Å². The molecule has 1 aliphatic heterocycles. The van der Waals surface area contributed by atoms with Crippen LogP contribution in [0.5, 0.6) is 0 Å². The van der Waals surface area contributed by atoms with Crippen molar-refractivity contribution in [3.8, 4) is 0 Å². The summed E-state index contributed by atoms with van der Waals surface area (Å²) >= 11 is 0. The van der Waals surface area contributed by atoms with Crippen molar-refractivity contribution in [2.45, 2.75) is 46.0 Å². The molecule has 0 aliphatic carbocycles. The van der Waals surface area contributed by atoms with Crippen molar-refractivity contribution in [2.75, 3.05) is 25.0 Å². The summed E-state index contributed by atoms with van der Waals surface area (Å²) in [6.07, 6.45) is 2.99. The molecule has 116 valence electrons. The lowest BCUT2D eigenvalue weighted by Crippen LogP contribution is -2.39. The highest BCUT2D eigenvalue weighted by molar-refractivity contribution is 5.77. The number of carbonyl (C=O) groups is 1. The largest absolute Gasteiger partial charge is 0.384 e. The van der Waals surface area contributed by atoms with Crippen molar-refractivity contribution in [1.82, 2.24) is 4.90 Å². The quantitative estimate of drug-likeness (QED) is 0.892. The van der Waals surface area contributed by atoms with Crippen LogP contribution in [0.1, 0.15) is 51.5 Å². The van der Waals surface area contributed by atoms with E-state index in [1.54, 1.807) is 0 Å². The maximum atomic E-state index is 12.2. The fourth-order valence-electron chi connectivity index (χ4n) is 3.04. The molecule has 0 spiro atoms. The Labute approximate surface area is 128 Å². The first kappa shape index (κ1) is 15.9. The third-order valence-electron chi connectivity index (χ3n) is 4.25. The molecule has 1 aromatic rings. The highest BCUT2D eigenvalue weighted by atomic mass is 16.2. The number of benzene rings is 1. The van der Waals surface area contributed by atoms with Gasteiger partial charge in [-0.25, -0.2) is 0 Å². The number of hydrogen-bond acceptors (Lipinski definition) is 2. The van der Waals surface area contributed by atoms with E-state index in [1.807, 2.05) is 11.0 Å². The summed E-state index contributed by atoms with van der Waals surface area (Å²) in [7, 11) is 0. The van der Waals surface area contributed by atoms with Gasteiger partial charge in [-0.15, -0.1) is 0 Å². The zero-order valence-corrected chi connectivity index (χ0v) is 13.6. The van der Waals surface area contributed by atoms with Crippen LogP contribution in [0.25, 0.3) is 0 Å². The van der Waals surface area contributed by atoms with Gasteiger partial charge in [0, 0.05) is 31.7 Å². The molecule has 1 heterocycles. The van der Waals surface area contributed by atoms with Crippen LogP contribution in [-0.4, -0.2) is 30.4 Å². The number of rotatable bonds is 5. The molecular weight excluding hydrogens is 260 g/mol. The molecule has 0 saturated carbocycles. The minimum Gasteiger partial charge on any atom is -0.384 e. The predicted octanol–water partition coefficient (Wildman–Crippen LogP) is 3.87. The normalized spacial score (nSPS) is 18.9. The van der Waals surface area contributed by atoms with E-state index in [1.165, 1.54) is 12.0 Å². The first-order valence-electron chi connectivity index (χ1n) is 8.18. The first-order chi connectivity index (χ1) is 10.1. The van der Waals surface area contributed by atoms with Crippen LogP contribution in [0.2, 0.25) is 0 Å². The van der Waals surface area contributed by atoms with Crippen molar-refractivity contribution in [3.63, 3.8) is 0 Å². The van der Waals surface area contributed by atoms with Gasteiger partial charge in [0.15, 0.2) is 0 Å². The number of piperidine rings is 1. The van der Waals surface area contributed by atoms with Crippen LogP contribution in [-0.2, 0) is 4.79 Å². The lowest BCUT2D eigenvalue weighted by Gasteiger charge is -2.31. The van der Waals surface area contributed by atoms with Gasteiger partial charge in [-0.2, -0.15) is 0 Å². The number of likely N-dealkylation sites (tertiary alicyclic amines) is 1. The van der Waals surface area contributed by atoms with Gasteiger partial charge in [0.25, 0.3) is 0 Å². The van der Waals surface area contributed by atoms with E-state index in [2.05, 4.69) is 44.3 Å². The second-order valence-corrected chi connectivity index (χ2v) is 6.51. The number of nitrogens with one attached hydrogen (secondary N) is 1. The fourth-order valence-corrected chi connectivity index (χ4v) is 3.04. The molecule has 1 saturated heterocycles. The molecule has 0 bridgehead atoms. The Balaban J connectivity index is 1.83. The third-order valence-corrected chi connectivity index (χ3v) is 4.25. The molecule has 2 rings (SSSR count). The van der Waals surface area contributed by atoms with Crippen molar-refractivity contribution >= 4 is 11.6 Å². The Morgan fingerprint density at radius 2 is 2.14 bits per heavy atom. The molecule has 1 atom stereocenters. The molecule has 0 aromatic heterocycles. The van der Waals surface area contributed by atoms with E-state index in [0.717, 1.165) is 25.2 Å². The van der Waals surface area contributed by atoms with Gasteiger partial charge in [0.05, 0.1) is 0 Å². The van der Waals surface area contributed by atoms with Crippen molar-refractivity contribution < 1.29 is 4.79 Å². The SMILES string of the molecule is CC1CCCN(C(=O)CCNc2ccccc2C(C)C)C1. The van der Waals surface area contributed by atoms with E-state index in [9.17, 15) is 4.79 Å². The zero-order chi connectivity index (χ0) is 15.2. The van der Waals surface area contributed by atoms with Gasteiger partial charge in [-0.05, 0) is 36.3 Å². The van der Waals surface area contributed by atoms with Crippen molar-refractivity contribution in [1.29, 1.82) is 0 Å². The van der Waals surface area contributed by atoms with Gasteiger partial charge in [-0.3, -0.25) is 4.79 Å². The highest BCUT2D eigenvalue weighted by Gasteiger charge is 2.20. The number of anilines is 1. The van der Waals surface area contributed by atoms with Crippen molar-refractivity contribution in [2.24, 2.45) is 5.92 Å². The molecule has 0 radical (unpaired) electrons. The number of amides is 1. The van der Waals surface area contributed by atoms with E-state index in [-0.39, 0.29) is 5.91 Å². The molecule has 1 amide bonds. The van der Waals surface area contributed by atoms with Gasteiger partial charge in [0.2, 0.25) is 5.91 Å². The van der Waals surface area contributed by atoms with Gasteiger partial charge >= 0.3 is 0 Å². The van der Waals surface area contributed by atoms with Gasteiger partial charge in [0.1, 0.15) is 0 Å². The summed E-state index contributed by atoms with van der Waals surface area (Å²) in [6, 6.07) is 8.37. The minimum absolute atomic E-state index is 0.288. The highest BCUT2D eigenvalue weighted by Crippen LogP contribution is 2.23. The van der Waals surface area contributed by atoms with Crippen molar-refractivity contribution in [3.05, 3.63) is 29.8 Å². The lowest BCUT2D eigenvalue weighted by molar-refractivity contribution is -0.132. The van der Waals surface area contributed by atoms with E-state index in [4.69, 9.17) is 0 Å². The van der Waals surface area contributed by atoms with Crippen LogP contribution in [0.4, 0.5) is 5.69 Å². The molecule has 1 aromatic carbocycles. The van der Waals surface area contributed by atoms with Gasteiger partial charge < -0.3 is 10.2 Å². The number of carbonyl (C=O) groups excluding carboxylic acids is 1. The molecule has 1 aliphatic rings. The Bertz CT molecular complexity index is 470. The number of hydrogen-bond donors (Lipinski definition) is 1. The Morgan fingerprint density at radius 3 is 2.86 bits per heavy atom. The molecule has 1 N–H and O–H groups in total. The maximum Gasteiger partial charge on any atom is 0.224 e. The summed E-state index contributed by atoms with van der Waals surface area (Å²) < 4.78 is 0. The molecule has 3 heteroatoms. The minimum atomic E-state index is 0.288. The monoisotopic (exact) mass is 288 g/mol. The van der Waals surface area contributed by atoms with Crippen LogP contribution in [0.3, 0.4) is 0 Å². The fraction of sp³-hybridized carbons (Fsp3) is 0.611. The summed E-state index contributed by atoms with van der Waals surface area (Å²) in [6.45, 7) is 9.21. The molecule has 1 unspecified atom stereocenters.